The molecule has 0 unspecified atom stereocenters. The highest BCUT2D eigenvalue weighted by atomic mass is 32.2. The predicted molar refractivity (Wildman–Crippen MR) is 129 cm³/mol. The van der Waals surface area contributed by atoms with E-state index in [1.54, 1.807) is 19.1 Å². The summed E-state index contributed by atoms with van der Waals surface area (Å²) in [4.78, 5) is 39.2. The summed E-state index contributed by atoms with van der Waals surface area (Å²) in [6.45, 7) is 4.76. The van der Waals surface area contributed by atoms with Crippen LogP contribution in [0.3, 0.4) is 0 Å². The molecule has 0 bridgehead atoms. The molecule has 0 radical (unpaired) electrons. The molecule has 9 heteroatoms. The summed E-state index contributed by atoms with van der Waals surface area (Å²) in [5.74, 6) is -1.07. The Morgan fingerprint density at radius 3 is 2.27 bits per heavy atom. The van der Waals surface area contributed by atoms with E-state index in [1.165, 1.54) is 31.0 Å². The van der Waals surface area contributed by atoms with E-state index in [0.29, 0.717) is 12.0 Å². The number of benzene rings is 2. The Kier molecular flexibility index (Phi) is 8.76. The van der Waals surface area contributed by atoms with Gasteiger partial charge in [-0.2, -0.15) is 0 Å². The lowest BCUT2D eigenvalue weighted by molar-refractivity contribution is -0.140. The number of carbonyl (C=O) groups excluding carboxylic acids is 3. The van der Waals surface area contributed by atoms with Gasteiger partial charge < -0.3 is 10.2 Å². The van der Waals surface area contributed by atoms with Gasteiger partial charge in [-0.3, -0.25) is 18.7 Å². The lowest BCUT2D eigenvalue weighted by Crippen LogP contribution is -2.51. The van der Waals surface area contributed by atoms with Gasteiger partial charge in [0.2, 0.25) is 21.8 Å². The maximum absolute atomic E-state index is 13.5. The molecule has 0 aromatic heterocycles. The number of nitrogens with one attached hydrogen (secondary N) is 1. The molecule has 33 heavy (non-hydrogen) atoms. The van der Waals surface area contributed by atoms with E-state index in [-0.39, 0.29) is 23.9 Å². The average Bonchev–Trinajstić information content (AvgIpc) is 2.76. The van der Waals surface area contributed by atoms with E-state index in [4.69, 9.17) is 0 Å². The van der Waals surface area contributed by atoms with Gasteiger partial charge in [-0.05, 0) is 38.0 Å². The predicted octanol–water partition coefficient (Wildman–Crippen LogP) is 2.52. The molecule has 0 fully saturated rings. The average molecular weight is 474 g/mol. The molecule has 8 nitrogen and oxygen atoms in total. The van der Waals surface area contributed by atoms with Crippen molar-refractivity contribution in [2.75, 3.05) is 24.2 Å². The normalized spacial score (nSPS) is 12.0. The molecule has 0 saturated heterocycles. The van der Waals surface area contributed by atoms with Crippen molar-refractivity contribution in [3.63, 3.8) is 0 Å². The van der Waals surface area contributed by atoms with Crippen LogP contribution in [-0.4, -0.2) is 56.8 Å². The number of rotatable bonds is 10. The Hall–Kier alpha value is -3.20. The van der Waals surface area contributed by atoms with Crippen LogP contribution < -0.4 is 9.62 Å². The molecule has 0 saturated carbocycles. The summed E-state index contributed by atoms with van der Waals surface area (Å²) in [5.41, 5.74) is 2.38. The lowest BCUT2D eigenvalue weighted by Gasteiger charge is -2.32. The molecule has 178 valence electrons. The summed E-state index contributed by atoms with van der Waals surface area (Å²) in [6, 6.07) is 12.9. The van der Waals surface area contributed by atoms with Crippen LogP contribution in [0.4, 0.5) is 5.69 Å². The summed E-state index contributed by atoms with van der Waals surface area (Å²) in [6.07, 6.45) is 1.36. The fraction of sp³-hybridized carbons (Fsp3) is 0.375. The molecule has 0 aliphatic rings. The number of hydrogen-bond acceptors (Lipinski definition) is 5. The molecule has 2 amide bonds. The smallest absolute Gasteiger partial charge is 0.244 e. The highest BCUT2D eigenvalue weighted by Gasteiger charge is 2.31. The van der Waals surface area contributed by atoms with E-state index in [2.05, 4.69) is 5.32 Å². The van der Waals surface area contributed by atoms with Crippen molar-refractivity contribution in [1.82, 2.24) is 10.2 Å². The van der Waals surface area contributed by atoms with Crippen molar-refractivity contribution in [3.8, 4) is 0 Å². The SMILES string of the molecule is CC[C@@H](C(=O)NC)N(Cc1cccc(C)c1)C(=O)CN(c1cccc(C(C)=O)c1)S(C)(=O)=O. The van der Waals surface area contributed by atoms with Gasteiger partial charge in [-0.25, -0.2) is 8.42 Å². The van der Waals surface area contributed by atoms with Gasteiger partial charge in [0, 0.05) is 19.2 Å². The summed E-state index contributed by atoms with van der Waals surface area (Å²) in [5, 5.41) is 2.58. The summed E-state index contributed by atoms with van der Waals surface area (Å²) >= 11 is 0. The number of likely N-dealkylation sites (N-methyl/N-ethyl adjacent to an activating group) is 1. The molecule has 1 N–H and O–H groups in total. The minimum atomic E-state index is -3.85. The Balaban J connectivity index is 2.46. The fourth-order valence-corrected chi connectivity index (χ4v) is 4.43. The summed E-state index contributed by atoms with van der Waals surface area (Å²) in [7, 11) is -2.36. The highest BCUT2D eigenvalue weighted by Crippen LogP contribution is 2.21. The van der Waals surface area contributed by atoms with Crippen molar-refractivity contribution < 1.29 is 22.8 Å². The lowest BCUT2D eigenvalue weighted by atomic mass is 10.1. The molecule has 2 rings (SSSR count). The van der Waals surface area contributed by atoms with Crippen LogP contribution in [0.2, 0.25) is 0 Å². The molecule has 0 heterocycles. The van der Waals surface area contributed by atoms with Gasteiger partial charge in [0.05, 0.1) is 11.9 Å². The third-order valence-corrected chi connectivity index (χ3v) is 6.43. The zero-order valence-electron chi connectivity index (χ0n) is 19.7. The Bertz CT molecular complexity index is 1130. The van der Waals surface area contributed by atoms with Crippen molar-refractivity contribution in [2.45, 2.75) is 39.8 Å². The zero-order chi connectivity index (χ0) is 24.8. The van der Waals surface area contributed by atoms with Crippen molar-refractivity contribution in [1.29, 1.82) is 0 Å². The van der Waals surface area contributed by atoms with Crippen LogP contribution in [0.15, 0.2) is 48.5 Å². The first-order valence-corrected chi connectivity index (χ1v) is 12.5. The minimum Gasteiger partial charge on any atom is -0.357 e. The van der Waals surface area contributed by atoms with Crippen LogP contribution >= 0.6 is 0 Å². The molecule has 0 aliphatic carbocycles. The molecular formula is C24H31N3O5S. The third kappa shape index (κ3) is 6.89. The monoisotopic (exact) mass is 473 g/mol. The van der Waals surface area contributed by atoms with E-state index in [9.17, 15) is 22.8 Å². The number of anilines is 1. The van der Waals surface area contributed by atoms with Gasteiger partial charge >= 0.3 is 0 Å². The molecular weight excluding hydrogens is 442 g/mol. The van der Waals surface area contributed by atoms with E-state index in [1.807, 2.05) is 31.2 Å². The van der Waals surface area contributed by atoms with Crippen molar-refractivity contribution >= 4 is 33.3 Å². The molecule has 0 spiro atoms. The van der Waals surface area contributed by atoms with Gasteiger partial charge in [0.1, 0.15) is 12.6 Å². The number of amides is 2. The van der Waals surface area contributed by atoms with E-state index in [0.717, 1.165) is 21.7 Å². The molecule has 2 aromatic rings. The summed E-state index contributed by atoms with van der Waals surface area (Å²) < 4.78 is 26.1. The number of aryl methyl sites for hydroxylation is 1. The Morgan fingerprint density at radius 2 is 1.73 bits per heavy atom. The van der Waals surface area contributed by atoms with Gasteiger partial charge in [-0.15, -0.1) is 0 Å². The maximum atomic E-state index is 13.5. The van der Waals surface area contributed by atoms with Gasteiger partial charge in [-0.1, -0.05) is 48.9 Å². The van der Waals surface area contributed by atoms with Crippen LogP contribution in [-0.2, 0) is 26.2 Å². The number of sulfonamides is 1. The standard InChI is InChI=1S/C24H31N3O5S/c1-6-22(24(30)25-4)26(15-19-10-7-9-17(2)13-19)23(29)16-27(33(5,31)32)21-12-8-11-20(14-21)18(3)28/h7-14,22H,6,15-16H2,1-5H3,(H,25,30)/t22-/m0/s1. The molecule has 0 aliphatic heterocycles. The van der Waals surface area contributed by atoms with Gasteiger partial charge in [0.15, 0.2) is 5.78 Å². The van der Waals surface area contributed by atoms with Crippen LogP contribution in [0.25, 0.3) is 0 Å². The van der Waals surface area contributed by atoms with Crippen LogP contribution in [0.1, 0.15) is 41.8 Å². The Labute approximate surface area is 195 Å². The first kappa shape index (κ1) is 26.1. The number of ketones is 1. The highest BCUT2D eigenvalue weighted by molar-refractivity contribution is 7.92. The fourth-order valence-electron chi connectivity index (χ4n) is 3.59. The van der Waals surface area contributed by atoms with E-state index >= 15 is 0 Å². The second-order valence-electron chi connectivity index (χ2n) is 7.93. The van der Waals surface area contributed by atoms with Crippen LogP contribution in [0, 0.1) is 6.92 Å². The molecule has 1 atom stereocenters. The third-order valence-electron chi connectivity index (χ3n) is 5.29. The zero-order valence-corrected chi connectivity index (χ0v) is 20.5. The van der Waals surface area contributed by atoms with Crippen molar-refractivity contribution in [2.24, 2.45) is 0 Å². The Morgan fingerprint density at radius 1 is 1.06 bits per heavy atom. The number of carbonyl (C=O) groups is 3. The first-order chi connectivity index (χ1) is 15.5. The van der Waals surface area contributed by atoms with E-state index < -0.39 is 28.5 Å². The molecule has 2 aromatic carbocycles. The first-order valence-electron chi connectivity index (χ1n) is 10.6. The number of Topliss-reactive ketones (excluding diaryl/α,β-unsaturated/α-hetero) is 1. The quantitative estimate of drug-likeness (QED) is 0.534. The van der Waals surface area contributed by atoms with Gasteiger partial charge in [0.25, 0.3) is 0 Å². The topological polar surface area (TPSA) is 104 Å². The second-order valence-corrected chi connectivity index (χ2v) is 9.83. The number of nitrogens with zero attached hydrogens (tertiary/aromatic N) is 2. The largest absolute Gasteiger partial charge is 0.357 e. The maximum Gasteiger partial charge on any atom is 0.244 e. The minimum absolute atomic E-state index is 0.150. The van der Waals surface area contributed by atoms with Crippen molar-refractivity contribution in [3.05, 3.63) is 65.2 Å². The number of hydrogen-bond donors (Lipinski definition) is 1. The second kappa shape index (κ2) is 11.1. The van der Waals surface area contributed by atoms with Crippen LogP contribution in [0.5, 0.6) is 0 Å².